The summed E-state index contributed by atoms with van der Waals surface area (Å²) in [6.07, 6.45) is -2.52. The molecule has 1 amide bonds. The highest BCUT2D eigenvalue weighted by molar-refractivity contribution is 7.90. The van der Waals surface area contributed by atoms with E-state index in [1.807, 2.05) is 9.80 Å². The largest absolute Gasteiger partial charge is 0.416 e. The van der Waals surface area contributed by atoms with Gasteiger partial charge in [0.1, 0.15) is 0 Å². The maximum Gasteiger partial charge on any atom is 0.416 e. The van der Waals surface area contributed by atoms with Crippen molar-refractivity contribution >= 4 is 27.1 Å². The molecule has 1 atom stereocenters. The number of carbonyl (C=O) groups is 1. The molecule has 0 spiro atoms. The third-order valence-electron chi connectivity index (χ3n) is 6.64. The molecule has 0 radical (unpaired) electrons. The molecule has 0 bridgehead atoms. The Kier molecular flexibility index (Phi) is 7.01. The summed E-state index contributed by atoms with van der Waals surface area (Å²) in [5.74, 6) is -0.190. The Hall–Kier alpha value is -2.79. The molecule has 0 aromatic heterocycles. The van der Waals surface area contributed by atoms with Crippen LogP contribution in [0.3, 0.4) is 0 Å². The van der Waals surface area contributed by atoms with Crippen LogP contribution < -0.4 is 9.80 Å². The number of hydrogen-bond acceptors (Lipinski definition) is 6. The summed E-state index contributed by atoms with van der Waals surface area (Å²) in [6, 6.07) is 9.52. The fraction of sp³-hybridized carbons (Fsp3) is 0.458. The van der Waals surface area contributed by atoms with E-state index in [4.69, 9.17) is 0 Å². The van der Waals surface area contributed by atoms with Crippen LogP contribution in [0.2, 0.25) is 0 Å². The SMILES string of the molecule is CS(=O)(=O)c1ccc(N2CCC(CO)C2)c(C(=O)N2CCN(c3ccc(C(F)(F)F)cc3)CC2)c1. The molecule has 2 aromatic rings. The fourth-order valence-corrected chi connectivity index (χ4v) is 5.24. The van der Waals surface area contributed by atoms with Gasteiger partial charge in [0.25, 0.3) is 5.91 Å². The van der Waals surface area contributed by atoms with Crippen molar-refractivity contribution in [3.63, 3.8) is 0 Å². The van der Waals surface area contributed by atoms with Crippen LogP contribution in [0, 0.1) is 5.92 Å². The minimum absolute atomic E-state index is 0.0487. The van der Waals surface area contributed by atoms with Gasteiger partial charge in [-0.25, -0.2) is 8.42 Å². The Morgan fingerprint density at radius 1 is 1.00 bits per heavy atom. The predicted octanol–water partition coefficient (Wildman–Crippen LogP) is 2.89. The van der Waals surface area contributed by atoms with Crippen molar-refractivity contribution in [1.29, 1.82) is 0 Å². The van der Waals surface area contributed by atoms with Gasteiger partial charge in [0.2, 0.25) is 0 Å². The van der Waals surface area contributed by atoms with Gasteiger partial charge >= 0.3 is 6.18 Å². The van der Waals surface area contributed by atoms with Crippen LogP contribution in [0.4, 0.5) is 24.5 Å². The number of hydrogen-bond donors (Lipinski definition) is 1. The summed E-state index contributed by atoms with van der Waals surface area (Å²) >= 11 is 0. The van der Waals surface area contributed by atoms with Crippen LogP contribution in [0.15, 0.2) is 47.4 Å². The number of carbonyl (C=O) groups excluding carboxylic acids is 1. The number of rotatable bonds is 5. The van der Waals surface area contributed by atoms with E-state index >= 15 is 0 Å². The molecule has 2 fully saturated rings. The van der Waals surface area contributed by atoms with Crippen LogP contribution in [0.1, 0.15) is 22.3 Å². The van der Waals surface area contributed by atoms with E-state index < -0.39 is 21.6 Å². The Morgan fingerprint density at radius 3 is 2.20 bits per heavy atom. The molecule has 2 heterocycles. The van der Waals surface area contributed by atoms with E-state index in [1.165, 1.54) is 24.3 Å². The lowest BCUT2D eigenvalue weighted by atomic mass is 10.1. The Bertz CT molecular complexity index is 1180. The second-order valence-corrected chi connectivity index (χ2v) is 11.1. The molecule has 1 unspecified atom stereocenters. The summed E-state index contributed by atoms with van der Waals surface area (Å²) in [5.41, 5.74) is 0.883. The van der Waals surface area contributed by atoms with Crippen LogP contribution in [-0.2, 0) is 16.0 Å². The highest BCUT2D eigenvalue weighted by Gasteiger charge is 2.32. The lowest BCUT2D eigenvalue weighted by Gasteiger charge is -2.37. The fourth-order valence-electron chi connectivity index (χ4n) is 4.59. The minimum Gasteiger partial charge on any atom is -0.396 e. The van der Waals surface area contributed by atoms with Gasteiger partial charge in [0, 0.05) is 69.4 Å². The van der Waals surface area contributed by atoms with E-state index in [1.54, 1.807) is 11.0 Å². The quantitative estimate of drug-likeness (QED) is 0.665. The van der Waals surface area contributed by atoms with Gasteiger partial charge in [-0.2, -0.15) is 13.2 Å². The van der Waals surface area contributed by atoms with Gasteiger partial charge < -0.3 is 19.8 Å². The van der Waals surface area contributed by atoms with E-state index in [-0.39, 0.29) is 23.3 Å². The number of halogens is 3. The molecule has 190 valence electrons. The van der Waals surface area contributed by atoms with Crippen molar-refractivity contribution in [2.24, 2.45) is 5.92 Å². The number of aliphatic hydroxyl groups excluding tert-OH is 1. The first kappa shape index (κ1) is 25.3. The molecule has 4 rings (SSSR count). The second-order valence-electron chi connectivity index (χ2n) is 9.06. The summed E-state index contributed by atoms with van der Waals surface area (Å²) < 4.78 is 62.8. The van der Waals surface area contributed by atoms with Crippen LogP contribution in [0.25, 0.3) is 0 Å². The van der Waals surface area contributed by atoms with Gasteiger partial charge in [-0.1, -0.05) is 0 Å². The molecule has 35 heavy (non-hydrogen) atoms. The average molecular weight is 512 g/mol. The van der Waals surface area contributed by atoms with Crippen LogP contribution >= 0.6 is 0 Å². The first-order valence-electron chi connectivity index (χ1n) is 11.4. The molecule has 2 aliphatic heterocycles. The molecular formula is C24H28F3N3O4S. The van der Waals surface area contributed by atoms with Crippen molar-refractivity contribution in [3.8, 4) is 0 Å². The van der Waals surface area contributed by atoms with Crippen molar-refractivity contribution in [3.05, 3.63) is 53.6 Å². The normalized spacial score (nSPS) is 19.3. The number of benzene rings is 2. The first-order valence-corrected chi connectivity index (χ1v) is 13.3. The summed E-state index contributed by atoms with van der Waals surface area (Å²) in [5, 5.41) is 9.50. The van der Waals surface area contributed by atoms with E-state index in [9.17, 15) is 31.5 Å². The number of sulfone groups is 1. The molecule has 2 aliphatic rings. The lowest BCUT2D eigenvalue weighted by Crippen LogP contribution is -2.49. The second kappa shape index (κ2) is 9.69. The monoisotopic (exact) mass is 511 g/mol. The molecule has 0 saturated carbocycles. The standard InChI is InChI=1S/C24H28F3N3O4S/c1-35(33,34)20-6-7-22(30-9-8-17(15-30)16-31)21(14-20)23(32)29-12-10-28(11-13-29)19-4-2-18(3-5-19)24(25,26)27/h2-7,14,17,31H,8-13,15-16H2,1H3. The van der Waals surface area contributed by atoms with Crippen molar-refractivity contribution < 1.29 is 31.5 Å². The molecule has 1 N–H and O–H groups in total. The number of amides is 1. The maximum absolute atomic E-state index is 13.5. The zero-order chi connectivity index (χ0) is 25.4. The van der Waals surface area contributed by atoms with Crippen molar-refractivity contribution in [2.75, 3.05) is 61.9 Å². The van der Waals surface area contributed by atoms with Crippen LogP contribution in [0.5, 0.6) is 0 Å². The summed E-state index contributed by atoms with van der Waals surface area (Å²) in [4.78, 5) is 19.1. The molecule has 2 aromatic carbocycles. The third-order valence-corrected chi connectivity index (χ3v) is 7.75. The molecule has 11 heteroatoms. The minimum atomic E-state index is -4.39. The topological polar surface area (TPSA) is 81.2 Å². The number of piperazine rings is 1. The highest BCUT2D eigenvalue weighted by atomic mass is 32.2. The lowest BCUT2D eigenvalue weighted by molar-refractivity contribution is -0.137. The van der Waals surface area contributed by atoms with Crippen LogP contribution in [-0.4, -0.2) is 76.5 Å². The van der Waals surface area contributed by atoms with Gasteiger partial charge in [0.15, 0.2) is 9.84 Å². The van der Waals surface area contributed by atoms with Gasteiger partial charge in [-0.05, 0) is 48.9 Å². The molecular weight excluding hydrogens is 483 g/mol. The smallest absolute Gasteiger partial charge is 0.396 e. The molecule has 0 aliphatic carbocycles. The van der Waals surface area contributed by atoms with Gasteiger partial charge in [0.05, 0.1) is 16.0 Å². The average Bonchev–Trinajstić information content (AvgIpc) is 3.31. The summed E-state index contributed by atoms with van der Waals surface area (Å²) in [7, 11) is -3.52. The van der Waals surface area contributed by atoms with E-state index in [2.05, 4.69) is 0 Å². The van der Waals surface area contributed by atoms with Crippen molar-refractivity contribution in [2.45, 2.75) is 17.5 Å². The number of aliphatic hydroxyl groups is 1. The maximum atomic E-state index is 13.5. The zero-order valence-electron chi connectivity index (χ0n) is 19.3. The molecule has 7 nitrogen and oxygen atoms in total. The number of anilines is 2. The zero-order valence-corrected chi connectivity index (χ0v) is 20.1. The first-order chi connectivity index (χ1) is 16.5. The molecule has 2 saturated heterocycles. The Balaban J connectivity index is 1.52. The van der Waals surface area contributed by atoms with Gasteiger partial charge in [-0.15, -0.1) is 0 Å². The van der Waals surface area contributed by atoms with Gasteiger partial charge in [-0.3, -0.25) is 4.79 Å². The van der Waals surface area contributed by atoms with E-state index in [0.29, 0.717) is 56.2 Å². The predicted molar refractivity (Wildman–Crippen MR) is 127 cm³/mol. The van der Waals surface area contributed by atoms with E-state index in [0.717, 1.165) is 24.8 Å². The number of nitrogens with zero attached hydrogens (tertiary/aromatic N) is 3. The Morgan fingerprint density at radius 2 is 1.66 bits per heavy atom. The van der Waals surface area contributed by atoms with Crippen molar-refractivity contribution in [1.82, 2.24) is 4.90 Å². The Labute approximate surface area is 202 Å². The third kappa shape index (κ3) is 5.56. The summed E-state index contributed by atoms with van der Waals surface area (Å²) in [6.45, 7) is 2.86. The number of alkyl halides is 3. The highest BCUT2D eigenvalue weighted by Crippen LogP contribution is 2.32.